The average molecular weight is 604 g/mol. The van der Waals surface area contributed by atoms with Crippen LogP contribution < -0.4 is 21.3 Å². The summed E-state index contributed by atoms with van der Waals surface area (Å²) in [6.07, 6.45) is -0.683. The van der Waals surface area contributed by atoms with E-state index in [0.29, 0.717) is 24.3 Å². The maximum atomic E-state index is 13.0. The van der Waals surface area contributed by atoms with Gasteiger partial charge in [0.2, 0.25) is 0 Å². The number of methoxy groups -OCH3 is 1. The molecule has 4 aromatic carbocycles. The van der Waals surface area contributed by atoms with Crippen LogP contribution in [0.1, 0.15) is 40.5 Å². The number of nitrogens with one attached hydrogen (secondary N) is 2. The van der Waals surface area contributed by atoms with Crippen molar-refractivity contribution < 1.29 is 14.6 Å². The van der Waals surface area contributed by atoms with Gasteiger partial charge >= 0.3 is 5.69 Å². The van der Waals surface area contributed by atoms with Crippen molar-refractivity contribution in [1.29, 1.82) is 0 Å². The van der Waals surface area contributed by atoms with Crippen molar-refractivity contribution in [1.82, 2.24) is 14.9 Å². The molecule has 0 aliphatic carbocycles. The van der Waals surface area contributed by atoms with Gasteiger partial charge in [0.25, 0.3) is 5.56 Å². The third-order valence-electron chi connectivity index (χ3n) is 8.79. The van der Waals surface area contributed by atoms with Crippen molar-refractivity contribution in [2.24, 2.45) is 0 Å². The van der Waals surface area contributed by atoms with Crippen LogP contribution in [0.5, 0.6) is 5.75 Å². The minimum atomic E-state index is -1.12. The average Bonchev–Trinajstić information content (AvgIpc) is 3.51. The zero-order chi connectivity index (χ0) is 31.4. The molecule has 1 aromatic heterocycles. The van der Waals surface area contributed by atoms with Gasteiger partial charge in [-0.25, -0.2) is 4.79 Å². The van der Waals surface area contributed by atoms with Gasteiger partial charge in [0.1, 0.15) is 18.1 Å². The van der Waals surface area contributed by atoms with Gasteiger partial charge in [-0.05, 0) is 41.3 Å². The van der Waals surface area contributed by atoms with Gasteiger partial charge in [-0.2, -0.15) is 0 Å². The first-order valence-electron chi connectivity index (χ1n) is 15.1. The summed E-state index contributed by atoms with van der Waals surface area (Å²) in [5, 5.41) is 16.5. The number of aromatic nitrogens is 2. The van der Waals surface area contributed by atoms with Crippen LogP contribution in [0, 0.1) is 6.92 Å². The van der Waals surface area contributed by atoms with Crippen LogP contribution in [0.4, 0.5) is 0 Å². The van der Waals surface area contributed by atoms with Crippen LogP contribution >= 0.6 is 0 Å². The van der Waals surface area contributed by atoms with E-state index in [1.54, 1.807) is 14.0 Å². The van der Waals surface area contributed by atoms with E-state index >= 15 is 0 Å². The molecule has 3 N–H and O–H groups in total. The fraction of sp³-hybridized carbons (Fsp3) is 0.243. The molecule has 1 aliphatic heterocycles. The van der Waals surface area contributed by atoms with Crippen molar-refractivity contribution >= 4 is 0 Å². The molecule has 1 unspecified atom stereocenters. The smallest absolute Gasteiger partial charge is 0.330 e. The number of ether oxygens (including phenoxy) is 2. The number of nitrogens with zero attached hydrogens (tertiary/aromatic N) is 1. The minimum Gasteiger partial charge on any atom is -0.497 e. The number of hydrogen-bond donors (Lipinski definition) is 3. The lowest BCUT2D eigenvalue weighted by molar-refractivity contribution is -0.0810. The van der Waals surface area contributed by atoms with Crippen molar-refractivity contribution in [3.63, 3.8) is 0 Å². The third kappa shape index (κ3) is 5.88. The van der Waals surface area contributed by atoms with Gasteiger partial charge in [-0.15, -0.1) is 0 Å². The Morgan fingerprint density at radius 1 is 0.889 bits per heavy atom. The van der Waals surface area contributed by atoms with Crippen LogP contribution in [0.25, 0.3) is 0 Å². The molecule has 0 amide bonds. The second-order valence-electron chi connectivity index (χ2n) is 11.5. The van der Waals surface area contributed by atoms with Crippen molar-refractivity contribution in [3.05, 3.63) is 170 Å². The van der Waals surface area contributed by atoms with E-state index in [4.69, 9.17) is 9.47 Å². The number of aliphatic hydroxyl groups is 1. The molecule has 0 saturated carbocycles. The maximum Gasteiger partial charge on any atom is 0.330 e. The molecule has 0 bridgehead atoms. The Labute approximate surface area is 261 Å². The Balaban J connectivity index is 1.50. The van der Waals surface area contributed by atoms with E-state index in [9.17, 15) is 14.7 Å². The normalized spacial score (nSPS) is 18.9. The van der Waals surface area contributed by atoms with Crippen molar-refractivity contribution in [2.45, 2.75) is 49.8 Å². The van der Waals surface area contributed by atoms with E-state index < -0.39 is 35.1 Å². The zero-order valence-electron chi connectivity index (χ0n) is 25.3. The Hall–Kier alpha value is -4.76. The fourth-order valence-electron chi connectivity index (χ4n) is 6.52. The highest BCUT2D eigenvalue weighted by molar-refractivity contribution is 5.53. The van der Waals surface area contributed by atoms with E-state index in [-0.39, 0.29) is 6.04 Å². The highest BCUT2D eigenvalue weighted by Gasteiger charge is 2.52. The summed E-state index contributed by atoms with van der Waals surface area (Å²) in [5.41, 5.74) is 2.07. The molecule has 0 radical (unpaired) electrons. The molecule has 2 heterocycles. The lowest BCUT2D eigenvalue weighted by Crippen LogP contribution is -2.54. The first-order chi connectivity index (χ1) is 21.9. The summed E-state index contributed by atoms with van der Waals surface area (Å²) in [6.45, 7) is 2.19. The predicted molar refractivity (Wildman–Crippen MR) is 173 cm³/mol. The van der Waals surface area contributed by atoms with Crippen LogP contribution in [0.3, 0.4) is 0 Å². The maximum absolute atomic E-state index is 13.0. The molecule has 6 rings (SSSR count). The Kier molecular flexibility index (Phi) is 8.80. The molecule has 45 heavy (non-hydrogen) atoms. The SMILES string of the molecule is COc1ccc(C(c2ccccc2)(c2ccccc2)C(O)[C@H]2O[C@@H](n3cc(C)c(=O)[nH]c3=O)C[C@@H]2NCc2ccccc2)cc1. The van der Waals surface area contributed by atoms with Gasteiger partial charge in [0, 0.05) is 30.8 Å². The number of H-pyrrole nitrogens is 1. The zero-order valence-corrected chi connectivity index (χ0v) is 25.3. The highest BCUT2D eigenvalue weighted by atomic mass is 16.5. The van der Waals surface area contributed by atoms with Crippen LogP contribution in [0.2, 0.25) is 0 Å². The second kappa shape index (κ2) is 13.1. The second-order valence-corrected chi connectivity index (χ2v) is 11.5. The Morgan fingerprint density at radius 2 is 1.44 bits per heavy atom. The molecule has 1 fully saturated rings. The molecule has 230 valence electrons. The summed E-state index contributed by atoms with van der Waals surface area (Å²) in [6, 6.07) is 37.3. The first kappa shape index (κ1) is 30.3. The first-order valence-corrected chi connectivity index (χ1v) is 15.1. The van der Waals surface area contributed by atoms with E-state index in [0.717, 1.165) is 22.3 Å². The van der Waals surface area contributed by atoms with E-state index in [1.807, 2.05) is 115 Å². The number of aryl methyl sites for hydroxylation is 1. The van der Waals surface area contributed by atoms with E-state index in [2.05, 4.69) is 10.3 Å². The molecule has 4 atom stereocenters. The number of benzene rings is 4. The highest BCUT2D eigenvalue weighted by Crippen LogP contribution is 2.47. The monoisotopic (exact) mass is 603 g/mol. The van der Waals surface area contributed by atoms with Gasteiger partial charge in [0.05, 0.1) is 18.6 Å². The predicted octanol–water partition coefficient (Wildman–Crippen LogP) is 4.70. The summed E-state index contributed by atoms with van der Waals surface area (Å²) in [5.74, 6) is 0.704. The molecular formula is C37H37N3O5. The van der Waals surface area contributed by atoms with Crippen molar-refractivity contribution in [3.8, 4) is 5.75 Å². The largest absolute Gasteiger partial charge is 0.497 e. The van der Waals surface area contributed by atoms with Gasteiger partial charge in [0.15, 0.2) is 0 Å². The molecule has 1 saturated heterocycles. The lowest BCUT2D eigenvalue weighted by Gasteiger charge is -2.43. The van der Waals surface area contributed by atoms with Gasteiger partial charge in [-0.1, -0.05) is 103 Å². The molecule has 8 heteroatoms. The summed E-state index contributed by atoms with van der Waals surface area (Å²) >= 11 is 0. The summed E-state index contributed by atoms with van der Waals surface area (Å²) in [4.78, 5) is 27.6. The number of rotatable bonds is 10. The molecule has 1 aliphatic rings. The quantitative estimate of drug-likeness (QED) is 0.200. The number of hydrogen-bond acceptors (Lipinski definition) is 6. The fourth-order valence-corrected chi connectivity index (χ4v) is 6.52. The van der Waals surface area contributed by atoms with Crippen molar-refractivity contribution in [2.75, 3.05) is 7.11 Å². The van der Waals surface area contributed by atoms with Crippen LogP contribution in [-0.2, 0) is 16.7 Å². The van der Waals surface area contributed by atoms with Crippen LogP contribution in [0.15, 0.2) is 131 Å². The van der Waals surface area contributed by atoms with Gasteiger partial charge in [-0.3, -0.25) is 14.3 Å². The lowest BCUT2D eigenvalue weighted by atomic mass is 9.64. The molecule has 5 aromatic rings. The topological polar surface area (TPSA) is 106 Å². The number of aromatic amines is 1. The molecule has 0 spiro atoms. The summed E-state index contributed by atoms with van der Waals surface area (Å²) in [7, 11) is 1.63. The van der Waals surface area contributed by atoms with E-state index in [1.165, 1.54) is 10.8 Å². The van der Waals surface area contributed by atoms with Crippen LogP contribution in [-0.4, -0.2) is 40.0 Å². The number of aliphatic hydroxyl groups excluding tert-OH is 1. The summed E-state index contributed by atoms with van der Waals surface area (Å²) < 4.78 is 13.6. The van der Waals surface area contributed by atoms with Gasteiger partial charge < -0.3 is 19.9 Å². The third-order valence-corrected chi connectivity index (χ3v) is 8.79. The molecular weight excluding hydrogens is 566 g/mol. The Bertz CT molecular complexity index is 1780. The standard InChI is InChI=1S/C37H37N3O5/c1-25-24-40(36(43)39-35(25)42)32-22-31(38-23-26-12-6-3-7-13-26)33(45-32)34(41)37(27-14-8-4-9-15-27,28-16-10-5-11-17-28)29-18-20-30(44-2)21-19-29/h3-21,24,31-34,38,41H,22-23H2,1-2H3,(H,39,42,43)/t31-,32+,33-,34?/m0/s1. The molecule has 8 nitrogen and oxygen atoms in total. The Morgan fingerprint density at radius 3 is 2.02 bits per heavy atom. The minimum absolute atomic E-state index is 0.352.